The highest BCUT2D eigenvalue weighted by Crippen LogP contribution is 2.60. The van der Waals surface area contributed by atoms with Gasteiger partial charge in [0, 0.05) is 69.2 Å². The summed E-state index contributed by atoms with van der Waals surface area (Å²) < 4.78 is 0. The van der Waals surface area contributed by atoms with Crippen LogP contribution in [0.4, 0.5) is 45.5 Å². The van der Waals surface area contributed by atoms with Crippen molar-refractivity contribution in [2.45, 2.75) is 92.9 Å². The maximum absolute atomic E-state index is 5.98. The van der Waals surface area contributed by atoms with Crippen LogP contribution in [0.5, 0.6) is 0 Å². The van der Waals surface area contributed by atoms with Crippen molar-refractivity contribution in [1.82, 2.24) is 0 Å². The minimum atomic E-state index is 0. The highest BCUT2D eigenvalue weighted by Gasteiger charge is 2.44. The molecule has 6 atom stereocenters. The minimum Gasteiger partial charge on any atom is -0.399 e. The van der Waals surface area contributed by atoms with Crippen molar-refractivity contribution >= 4 is 45.5 Å². The van der Waals surface area contributed by atoms with Gasteiger partial charge in [-0.1, -0.05) is 211 Å². The Labute approximate surface area is 513 Å². The van der Waals surface area contributed by atoms with Crippen molar-refractivity contribution in [1.29, 1.82) is 0 Å². The van der Waals surface area contributed by atoms with E-state index in [1.54, 1.807) is 0 Å². The summed E-state index contributed by atoms with van der Waals surface area (Å²) in [7, 11) is 0. The number of rotatable bonds is 12. The Kier molecular flexibility index (Phi) is 16.9. The smallest absolute Gasteiger partial charge is 0.0462 e. The number of nitrogens with zero attached hydrogens (tertiary/aromatic N) is 2. The van der Waals surface area contributed by atoms with Crippen molar-refractivity contribution in [2.24, 2.45) is 23.7 Å². The van der Waals surface area contributed by atoms with Crippen molar-refractivity contribution < 1.29 is 0 Å². The molecule has 4 N–H and O–H groups in total. The standard InChI is InChI=1S/C52H46N2.C28H30N2.2CH4/c1-36(2)48-35-49-37(3)34-50(48)52-47(39-26-30-45(31-27-39)54(42-20-12-6-13-21-42)43-22-14-7-15-23-43)33-32-46(51(49)52)38-24-28-44(29-25-38)53(40-16-8-4-9-17-40)41-18-10-5-11-19-41;1-16(2)24-15-25-17(3)14-26(24)28-23(19-6-10-21(30)11-7-19)13-12-22(27(25)28)18-4-8-20(29)9-5-18;;/h4-34,36,48-50H,35H2,1-3H3;4-14,16,24-26H,15,29-30H2,1-3H3;2*1H4. The number of nitrogen functional groups attached to an aromatic ring is 2. The number of hydrogen-bond acceptors (Lipinski definition) is 4. The number of benzene rings is 10. The number of anilines is 8. The van der Waals surface area contributed by atoms with E-state index in [4.69, 9.17) is 11.5 Å². The number of allylic oxidation sites excluding steroid dienone is 4. The van der Waals surface area contributed by atoms with Crippen molar-refractivity contribution in [3.63, 3.8) is 0 Å². The normalized spacial score (nSPS) is 18.5. The summed E-state index contributed by atoms with van der Waals surface area (Å²) in [5.41, 5.74) is 40.1. The van der Waals surface area contributed by atoms with Gasteiger partial charge in [-0.15, -0.1) is 0 Å². The lowest BCUT2D eigenvalue weighted by molar-refractivity contribution is 0.281. The van der Waals surface area contributed by atoms with Crippen LogP contribution in [0.15, 0.2) is 266 Å². The molecule has 6 aliphatic carbocycles. The summed E-state index contributed by atoms with van der Waals surface area (Å²) in [5.74, 6) is 4.35. The van der Waals surface area contributed by atoms with E-state index in [0.29, 0.717) is 47.3 Å². The first-order valence-electron chi connectivity index (χ1n) is 30.4. The van der Waals surface area contributed by atoms with Crippen molar-refractivity contribution in [2.75, 3.05) is 21.3 Å². The summed E-state index contributed by atoms with van der Waals surface area (Å²) in [6.07, 6.45) is 7.61. The van der Waals surface area contributed by atoms with Crippen LogP contribution in [0.3, 0.4) is 0 Å². The van der Waals surface area contributed by atoms with Crippen LogP contribution < -0.4 is 21.3 Å². The molecule has 10 aromatic carbocycles. The largest absolute Gasteiger partial charge is 0.399 e. The molecule has 6 aliphatic rings. The molecule has 432 valence electrons. The van der Waals surface area contributed by atoms with E-state index in [2.05, 4.69) is 282 Å². The third-order valence-electron chi connectivity index (χ3n) is 18.9. The average Bonchev–Trinajstić information content (AvgIpc) is 0.866. The molecule has 0 amide bonds. The molecule has 4 nitrogen and oxygen atoms in total. The predicted octanol–water partition coefficient (Wildman–Crippen LogP) is 23.0. The summed E-state index contributed by atoms with van der Waals surface area (Å²) in [5, 5.41) is 0. The third-order valence-corrected chi connectivity index (χ3v) is 18.9. The molecule has 0 fully saturated rings. The van der Waals surface area contributed by atoms with Crippen LogP contribution in [0.1, 0.15) is 115 Å². The molecule has 4 heteroatoms. The second-order valence-corrected chi connectivity index (χ2v) is 24.6. The van der Waals surface area contributed by atoms with E-state index < -0.39 is 0 Å². The fourth-order valence-corrected chi connectivity index (χ4v) is 14.8. The van der Waals surface area contributed by atoms with E-state index >= 15 is 0 Å². The molecule has 6 unspecified atom stereocenters. The van der Waals surface area contributed by atoms with E-state index in [9.17, 15) is 0 Å². The van der Waals surface area contributed by atoms with E-state index in [-0.39, 0.29) is 14.9 Å². The predicted molar refractivity (Wildman–Crippen MR) is 371 cm³/mol. The summed E-state index contributed by atoms with van der Waals surface area (Å²) in [6, 6.07) is 87.3. The van der Waals surface area contributed by atoms with Crippen LogP contribution >= 0.6 is 0 Å². The van der Waals surface area contributed by atoms with E-state index in [1.165, 1.54) is 90.7 Å². The Morgan fingerprint density at radius 1 is 0.314 bits per heavy atom. The van der Waals surface area contributed by atoms with Gasteiger partial charge in [-0.2, -0.15) is 0 Å². The molecule has 0 heterocycles. The van der Waals surface area contributed by atoms with Crippen LogP contribution in [-0.2, 0) is 0 Å². The molecule has 0 saturated carbocycles. The van der Waals surface area contributed by atoms with Crippen molar-refractivity contribution in [3.8, 4) is 44.5 Å². The van der Waals surface area contributed by atoms with Gasteiger partial charge in [0.15, 0.2) is 0 Å². The van der Waals surface area contributed by atoms with Gasteiger partial charge in [0.25, 0.3) is 0 Å². The first kappa shape index (κ1) is 58.6. The molecule has 16 rings (SSSR count). The fourth-order valence-electron chi connectivity index (χ4n) is 14.8. The summed E-state index contributed by atoms with van der Waals surface area (Å²) >= 11 is 0. The molecule has 0 aromatic heterocycles. The van der Waals surface area contributed by atoms with Crippen LogP contribution in [-0.4, -0.2) is 0 Å². The maximum atomic E-state index is 5.98. The fraction of sp³-hybridized carbons (Fsp3) is 0.220. The third kappa shape index (κ3) is 11.0. The maximum Gasteiger partial charge on any atom is 0.0462 e. The van der Waals surface area contributed by atoms with Gasteiger partial charge in [0.05, 0.1) is 0 Å². The lowest BCUT2D eigenvalue weighted by Crippen LogP contribution is -2.32. The summed E-state index contributed by atoms with van der Waals surface area (Å²) in [6.45, 7) is 14.3. The van der Waals surface area contributed by atoms with Crippen LogP contribution in [0, 0.1) is 23.7 Å². The number of fused-ring (bicyclic) bond motifs is 2. The molecular weight excluding hydrogens is 1040 g/mol. The number of nitrogens with two attached hydrogens (primary N) is 2. The monoisotopic (exact) mass is 1120 g/mol. The molecular formula is C82H84N4. The zero-order valence-electron chi connectivity index (χ0n) is 49.3. The number of hydrogen-bond donors (Lipinski definition) is 2. The second-order valence-electron chi connectivity index (χ2n) is 24.6. The average molecular weight is 1130 g/mol. The van der Waals surface area contributed by atoms with Crippen LogP contribution in [0.25, 0.3) is 44.5 Å². The Hall–Kier alpha value is -9.12. The van der Waals surface area contributed by atoms with Gasteiger partial charge >= 0.3 is 0 Å². The molecule has 0 spiro atoms. The van der Waals surface area contributed by atoms with E-state index in [0.717, 1.165) is 45.5 Å². The van der Waals surface area contributed by atoms with Gasteiger partial charge in [0.2, 0.25) is 0 Å². The lowest BCUT2D eigenvalue weighted by Gasteiger charge is -2.46. The second kappa shape index (κ2) is 24.8. The Morgan fingerprint density at radius 2 is 0.558 bits per heavy atom. The summed E-state index contributed by atoms with van der Waals surface area (Å²) in [4.78, 5) is 4.68. The zero-order valence-corrected chi connectivity index (χ0v) is 49.3. The lowest BCUT2D eigenvalue weighted by atomic mass is 9.58. The van der Waals surface area contributed by atoms with Crippen molar-refractivity contribution in [3.05, 3.63) is 288 Å². The first-order chi connectivity index (χ1) is 41.0. The molecule has 0 radical (unpaired) electrons. The SMILES string of the molecule is C.C.CC1=CC2c3c(-c4ccc(N(c5ccccc5)c5ccccc5)cc4)ccc(-c4ccc(N(c5ccccc5)c5ccccc5)cc4)c3C1CC2C(C)C.CC1=CC2c3c(-c4ccc(N)cc4)ccc(-c4ccc(N)cc4)c3C1CC2C(C)C. The molecule has 10 aromatic rings. The highest BCUT2D eigenvalue weighted by atomic mass is 15.1. The Bertz CT molecular complexity index is 3920. The molecule has 4 bridgehead atoms. The zero-order chi connectivity index (χ0) is 57.6. The van der Waals surface area contributed by atoms with E-state index in [1.807, 2.05) is 24.3 Å². The number of para-hydroxylation sites is 4. The Morgan fingerprint density at radius 3 is 0.826 bits per heavy atom. The van der Waals surface area contributed by atoms with Gasteiger partial charge in [-0.05, 0) is 214 Å². The van der Waals surface area contributed by atoms with Gasteiger partial charge in [-0.3, -0.25) is 0 Å². The quantitative estimate of drug-likeness (QED) is 0.0945. The Balaban J connectivity index is 0.000000204. The molecule has 0 saturated heterocycles. The van der Waals surface area contributed by atoms with Gasteiger partial charge < -0.3 is 21.3 Å². The molecule has 86 heavy (non-hydrogen) atoms. The van der Waals surface area contributed by atoms with Gasteiger partial charge in [0.1, 0.15) is 0 Å². The first-order valence-corrected chi connectivity index (χ1v) is 30.4. The minimum absolute atomic E-state index is 0. The molecule has 0 aliphatic heterocycles. The van der Waals surface area contributed by atoms with Crippen LogP contribution in [0.2, 0.25) is 0 Å². The highest BCUT2D eigenvalue weighted by molar-refractivity contribution is 5.86. The topological polar surface area (TPSA) is 58.5 Å². The van der Waals surface area contributed by atoms with Gasteiger partial charge in [-0.25, -0.2) is 0 Å².